The van der Waals surface area contributed by atoms with Gasteiger partial charge in [0, 0.05) is 12.1 Å². The van der Waals surface area contributed by atoms with E-state index in [9.17, 15) is 8.42 Å². The third kappa shape index (κ3) is 3.07. The lowest BCUT2D eigenvalue weighted by atomic mass is 10.2. The maximum absolute atomic E-state index is 12.1. The Balaban J connectivity index is 2.18. The van der Waals surface area contributed by atoms with Crippen LogP contribution in [0, 0.1) is 5.41 Å². The van der Waals surface area contributed by atoms with Crippen molar-refractivity contribution in [3.05, 3.63) is 29.8 Å². The van der Waals surface area contributed by atoms with Crippen molar-refractivity contribution in [3.63, 3.8) is 0 Å². The Morgan fingerprint density at radius 1 is 1.50 bits per heavy atom. The molecule has 0 unspecified atom stereocenters. The molecular weight excluding hydrogens is 268 g/mol. The van der Waals surface area contributed by atoms with E-state index in [0.29, 0.717) is 12.1 Å². The van der Waals surface area contributed by atoms with Crippen LogP contribution in [0.15, 0.2) is 29.2 Å². The lowest BCUT2D eigenvalue weighted by molar-refractivity contribution is 0.530. The van der Waals surface area contributed by atoms with Gasteiger partial charge in [0.25, 0.3) is 0 Å². The zero-order chi connectivity index (χ0) is 13.4. The minimum atomic E-state index is -3.47. The van der Waals surface area contributed by atoms with Crippen LogP contribution in [0.3, 0.4) is 0 Å². The van der Waals surface area contributed by atoms with E-state index < -0.39 is 10.0 Å². The average molecular weight is 284 g/mol. The SMILES string of the molecule is CC1(CNS(=O)(=O)c2cccc(C(N)=S)c2)CC1. The van der Waals surface area contributed by atoms with Crippen molar-refractivity contribution in [1.29, 1.82) is 0 Å². The Hall–Kier alpha value is -0.980. The number of thiocarbonyl (C=S) groups is 1. The van der Waals surface area contributed by atoms with Crippen molar-refractivity contribution < 1.29 is 8.42 Å². The van der Waals surface area contributed by atoms with Crippen LogP contribution in [-0.4, -0.2) is 20.0 Å². The average Bonchev–Trinajstić information content (AvgIpc) is 3.06. The molecule has 98 valence electrons. The van der Waals surface area contributed by atoms with Gasteiger partial charge in [-0.1, -0.05) is 31.3 Å². The van der Waals surface area contributed by atoms with Crippen LogP contribution >= 0.6 is 12.2 Å². The predicted octanol–water partition coefficient (Wildman–Crippen LogP) is 1.40. The van der Waals surface area contributed by atoms with Gasteiger partial charge in [-0.2, -0.15) is 0 Å². The Morgan fingerprint density at radius 3 is 2.72 bits per heavy atom. The molecule has 6 heteroatoms. The smallest absolute Gasteiger partial charge is 0.240 e. The number of benzene rings is 1. The topological polar surface area (TPSA) is 72.2 Å². The molecule has 1 aromatic rings. The first-order valence-electron chi connectivity index (χ1n) is 5.72. The van der Waals surface area contributed by atoms with E-state index in [1.165, 1.54) is 6.07 Å². The first-order valence-corrected chi connectivity index (χ1v) is 7.61. The molecule has 0 saturated heterocycles. The highest BCUT2D eigenvalue weighted by molar-refractivity contribution is 7.89. The number of hydrogen-bond acceptors (Lipinski definition) is 3. The van der Waals surface area contributed by atoms with Crippen LogP contribution < -0.4 is 10.5 Å². The molecule has 4 nitrogen and oxygen atoms in total. The summed E-state index contributed by atoms with van der Waals surface area (Å²) in [6.45, 7) is 2.55. The molecule has 2 rings (SSSR count). The molecule has 0 aromatic heterocycles. The monoisotopic (exact) mass is 284 g/mol. The summed E-state index contributed by atoms with van der Waals surface area (Å²) in [7, 11) is -3.47. The molecule has 0 spiro atoms. The molecule has 18 heavy (non-hydrogen) atoms. The fraction of sp³-hybridized carbons (Fsp3) is 0.417. The second-order valence-electron chi connectivity index (χ2n) is 5.03. The van der Waals surface area contributed by atoms with Gasteiger partial charge in [-0.25, -0.2) is 13.1 Å². The summed E-state index contributed by atoms with van der Waals surface area (Å²) in [5, 5.41) is 0. The molecule has 1 aliphatic carbocycles. The van der Waals surface area contributed by atoms with Gasteiger partial charge in [0.1, 0.15) is 4.99 Å². The highest BCUT2D eigenvalue weighted by Gasteiger charge is 2.38. The second kappa shape index (κ2) is 4.60. The van der Waals surface area contributed by atoms with Crippen LogP contribution in [0.5, 0.6) is 0 Å². The van der Waals surface area contributed by atoms with E-state index in [0.717, 1.165) is 12.8 Å². The summed E-state index contributed by atoms with van der Waals surface area (Å²) in [5.41, 5.74) is 6.19. The first kappa shape index (κ1) is 13.5. The maximum atomic E-state index is 12.1. The summed E-state index contributed by atoms with van der Waals surface area (Å²) in [4.78, 5) is 0.401. The molecule has 1 aliphatic rings. The minimum Gasteiger partial charge on any atom is -0.389 e. The first-order chi connectivity index (χ1) is 8.32. The van der Waals surface area contributed by atoms with E-state index in [1.54, 1.807) is 18.2 Å². The number of nitrogens with two attached hydrogens (primary N) is 1. The molecule has 3 N–H and O–H groups in total. The molecule has 1 saturated carbocycles. The maximum Gasteiger partial charge on any atom is 0.240 e. The molecule has 0 atom stereocenters. The quantitative estimate of drug-likeness (QED) is 0.802. The fourth-order valence-electron chi connectivity index (χ4n) is 1.56. The Morgan fingerprint density at radius 2 is 2.17 bits per heavy atom. The van der Waals surface area contributed by atoms with E-state index in [-0.39, 0.29) is 15.3 Å². The van der Waals surface area contributed by atoms with Crippen LogP contribution in [0.2, 0.25) is 0 Å². The van der Waals surface area contributed by atoms with Gasteiger partial charge < -0.3 is 5.73 Å². The van der Waals surface area contributed by atoms with Crippen LogP contribution in [0.4, 0.5) is 0 Å². The Kier molecular flexibility index (Phi) is 3.44. The number of sulfonamides is 1. The summed E-state index contributed by atoms with van der Waals surface area (Å²) >= 11 is 4.84. The summed E-state index contributed by atoms with van der Waals surface area (Å²) in [5.74, 6) is 0. The van der Waals surface area contributed by atoms with Gasteiger partial charge in [0.15, 0.2) is 0 Å². The summed E-state index contributed by atoms with van der Waals surface area (Å²) in [6.07, 6.45) is 2.14. The molecule has 0 radical (unpaired) electrons. The van der Waals surface area contributed by atoms with Gasteiger partial charge >= 0.3 is 0 Å². The van der Waals surface area contributed by atoms with Crippen molar-refractivity contribution in [2.24, 2.45) is 11.1 Å². The molecular formula is C12H16N2O2S2. The van der Waals surface area contributed by atoms with Gasteiger partial charge in [-0.05, 0) is 30.4 Å². The van der Waals surface area contributed by atoms with Gasteiger partial charge in [0.2, 0.25) is 10.0 Å². The van der Waals surface area contributed by atoms with Crippen LogP contribution in [0.25, 0.3) is 0 Å². The van der Waals surface area contributed by atoms with E-state index in [1.807, 2.05) is 0 Å². The molecule has 0 heterocycles. The Bertz CT molecular complexity index is 577. The highest BCUT2D eigenvalue weighted by atomic mass is 32.2. The lowest BCUT2D eigenvalue weighted by Gasteiger charge is -2.11. The number of hydrogen-bond donors (Lipinski definition) is 2. The van der Waals surface area contributed by atoms with E-state index >= 15 is 0 Å². The van der Waals surface area contributed by atoms with Crippen molar-refractivity contribution in [1.82, 2.24) is 4.72 Å². The van der Waals surface area contributed by atoms with Gasteiger partial charge in [0.05, 0.1) is 4.90 Å². The van der Waals surface area contributed by atoms with Crippen molar-refractivity contribution >= 4 is 27.2 Å². The minimum absolute atomic E-state index is 0.133. The van der Waals surface area contributed by atoms with E-state index in [2.05, 4.69) is 11.6 Å². The van der Waals surface area contributed by atoms with Gasteiger partial charge in [-0.3, -0.25) is 0 Å². The lowest BCUT2D eigenvalue weighted by Crippen LogP contribution is -2.29. The zero-order valence-electron chi connectivity index (χ0n) is 10.1. The van der Waals surface area contributed by atoms with Crippen LogP contribution in [0.1, 0.15) is 25.3 Å². The highest BCUT2D eigenvalue weighted by Crippen LogP contribution is 2.44. The molecule has 0 amide bonds. The zero-order valence-corrected chi connectivity index (χ0v) is 11.8. The molecule has 1 fully saturated rings. The third-order valence-electron chi connectivity index (χ3n) is 3.22. The van der Waals surface area contributed by atoms with Crippen molar-refractivity contribution in [3.8, 4) is 0 Å². The standard InChI is InChI=1S/C12H16N2O2S2/c1-12(5-6-12)8-14-18(15,16)10-4-2-3-9(7-10)11(13)17/h2-4,7,14H,5-6,8H2,1H3,(H2,13,17). The fourth-order valence-corrected chi connectivity index (χ4v) is 2.93. The number of nitrogens with one attached hydrogen (secondary N) is 1. The number of rotatable bonds is 5. The van der Waals surface area contributed by atoms with Crippen molar-refractivity contribution in [2.45, 2.75) is 24.7 Å². The summed E-state index contributed by atoms with van der Waals surface area (Å²) < 4.78 is 26.8. The predicted molar refractivity (Wildman–Crippen MR) is 74.9 cm³/mol. The second-order valence-corrected chi connectivity index (χ2v) is 7.23. The van der Waals surface area contributed by atoms with Crippen LogP contribution in [-0.2, 0) is 10.0 Å². The van der Waals surface area contributed by atoms with E-state index in [4.69, 9.17) is 18.0 Å². The summed E-state index contributed by atoms with van der Waals surface area (Å²) in [6, 6.07) is 6.38. The van der Waals surface area contributed by atoms with Gasteiger partial charge in [-0.15, -0.1) is 0 Å². The normalized spacial score (nSPS) is 17.4. The molecule has 0 bridgehead atoms. The largest absolute Gasteiger partial charge is 0.389 e. The third-order valence-corrected chi connectivity index (χ3v) is 4.86. The van der Waals surface area contributed by atoms with Crippen molar-refractivity contribution in [2.75, 3.05) is 6.54 Å². The Labute approximate surface area is 113 Å². The molecule has 1 aromatic carbocycles. The molecule has 0 aliphatic heterocycles.